The van der Waals surface area contributed by atoms with Crippen molar-refractivity contribution in [3.63, 3.8) is 0 Å². The van der Waals surface area contributed by atoms with E-state index in [1.807, 2.05) is 6.92 Å². The van der Waals surface area contributed by atoms with Crippen LogP contribution in [0.1, 0.15) is 41.0 Å². The Morgan fingerprint density at radius 3 is 2.15 bits per heavy atom. The third-order valence-corrected chi connectivity index (χ3v) is 3.45. The van der Waals surface area contributed by atoms with E-state index in [4.69, 9.17) is 4.74 Å². The Morgan fingerprint density at radius 1 is 0.885 bits per heavy atom. The van der Waals surface area contributed by atoms with Crippen LogP contribution >= 0.6 is 0 Å². The molecule has 0 unspecified atom stereocenters. The molecular weight excluding hydrogens is 334 g/mol. The second-order valence-electron chi connectivity index (χ2n) is 5.35. The third kappa shape index (κ3) is 5.34. The van der Waals surface area contributed by atoms with E-state index < -0.39 is 11.8 Å². The second-order valence-corrected chi connectivity index (χ2v) is 5.35. The number of rotatable bonds is 6. The van der Waals surface area contributed by atoms with Crippen molar-refractivity contribution < 1.29 is 19.1 Å². The summed E-state index contributed by atoms with van der Waals surface area (Å²) < 4.78 is 5.34. The zero-order chi connectivity index (χ0) is 18.9. The van der Waals surface area contributed by atoms with Crippen LogP contribution in [0.15, 0.2) is 48.5 Å². The first kappa shape index (κ1) is 19.0. The number of hydrogen-bond acceptors (Lipinski definition) is 4. The molecule has 2 aromatic rings. The number of benzene rings is 2. The van der Waals surface area contributed by atoms with Gasteiger partial charge in [-0.1, -0.05) is 13.0 Å². The first-order chi connectivity index (χ1) is 12.5. The summed E-state index contributed by atoms with van der Waals surface area (Å²) in [6, 6.07) is 13.0. The number of hydrogen-bond donors (Lipinski definition) is 3. The maximum absolute atomic E-state index is 12.1. The fourth-order valence-corrected chi connectivity index (χ4v) is 2.11. The Kier molecular flexibility index (Phi) is 6.73. The van der Waals surface area contributed by atoms with Gasteiger partial charge in [0, 0.05) is 23.2 Å². The molecule has 0 saturated heterocycles. The molecule has 2 aromatic carbocycles. The first-order valence-corrected chi connectivity index (χ1v) is 8.27. The van der Waals surface area contributed by atoms with Crippen LogP contribution in [-0.2, 0) is 4.79 Å². The number of carbonyl (C=O) groups excluding carboxylic acids is 3. The smallest absolute Gasteiger partial charge is 0.269 e. The molecule has 2 rings (SSSR count). The van der Waals surface area contributed by atoms with E-state index >= 15 is 0 Å². The zero-order valence-electron chi connectivity index (χ0n) is 14.7. The fraction of sp³-hybridized carbons (Fsp3) is 0.211. The third-order valence-electron chi connectivity index (χ3n) is 3.45. The minimum atomic E-state index is -0.465. The standard InChI is InChI=1S/C19H21N3O4/c1-3-17(23)20-15-10-8-13(9-11-15)18(24)21-22-19(25)14-6-5-7-16(12-14)26-4-2/h5-12H,3-4H2,1-2H3,(H,20,23)(H,21,24)(H,22,25). The molecule has 7 heteroatoms. The van der Waals surface area contributed by atoms with Gasteiger partial charge in [-0.05, 0) is 49.4 Å². The van der Waals surface area contributed by atoms with Gasteiger partial charge in [0.05, 0.1) is 6.61 Å². The maximum atomic E-state index is 12.1. The van der Waals surface area contributed by atoms with Crippen LogP contribution in [0, 0.1) is 0 Å². The molecule has 7 nitrogen and oxygen atoms in total. The van der Waals surface area contributed by atoms with Crippen molar-refractivity contribution in [3.05, 3.63) is 59.7 Å². The molecule has 3 N–H and O–H groups in total. The largest absolute Gasteiger partial charge is 0.494 e. The monoisotopic (exact) mass is 355 g/mol. The number of ether oxygens (including phenoxy) is 1. The Balaban J connectivity index is 1.92. The van der Waals surface area contributed by atoms with Gasteiger partial charge >= 0.3 is 0 Å². The molecule has 0 spiro atoms. The molecule has 0 atom stereocenters. The lowest BCUT2D eigenvalue weighted by Crippen LogP contribution is -2.41. The first-order valence-electron chi connectivity index (χ1n) is 8.27. The van der Waals surface area contributed by atoms with Crippen LogP contribution in [0.25, 0.3) is 0 Å². The quantitative estimate of drug-likeness (QED) is 0.694. The Labute approximate surface area is 151 Å². The molecule has 0 aliphatic rings. The summed E-state index contributed by atoms with van der Waals surface area (Å²) in [5.74, 6) is -0.445. The molecule has 0 fully saturated rings. The minimum absolute atomic E-state index is 0.108. The summed E-state index contributed by atoms with van der Waals surface area (Å²) in [6.07, 6.45) is 0.374. The highest BCUT2D eigenvalue weighted by molar-refractivity contribution is 5.99. The Bertz CT molecular complexity index is 788. The van der Waals surface area contributed by atoms with Crippen molar-refractivity contribution in [1.82, 2.24) is 10.9 Å². The molecule has 0 aliphatic heterocycles. The predicted molar refractivity (Wildman–Crippen MR) is 97.9 cm³/mol. The summed E-state index contributed by atoms with van der Waals surface area (Å²) in [5.41, 5.74) is 6.03. The van der Waals surface area contributed by atoms with Crippen molar-refractivity contribution in [3.8, 4) is 5.75 Å². The molecule has 26 heavy (non-hydrogen) atoms. The van der Waals surface area contributed by atoms with E-state index in [9.17, 15) is 14.4 Å². The number of hydrazine groups is 1. The SMILES string of the molecule is CCOc1cccc(C(=O)NNC(=O)c2ccc(NC(=O)CC)cc2)c1. The topological polar surface area (TPSA) is 96.5 Å². The summed E-state index contributed by atoms with van der Waals surface area (Å²) in [6.45, 7) is 4.10. The predicted octanol–water partition coefficient (Wildman–Crippen LogP) is 2.51. The van der Waals surface area contributed by atoms with Gasteiger partial charge in [-0.3, -0.25) is 25.2 Å². The normalized spacial score (nSPS) is 9.92. The van der Waals surface area contributed by atoms with Gasteiger partial charge in [0.1, 0.15) is 5.75 Å². The molecular formula is C19H21N3O4. The highest BCUT2D eigenvalue weighted by Crippen LogP contribution is 2.13. The Hall–Kier alpha value is -3.35. The number of anilines is 1. The molecule has 0 saturated carbocycles. The molecule has 3 amide bonds. The van der Waals surface area contributed by atoms with Crippen LogP contribution in [0.2, 0.25) is 0 Å². The highest BCUT2D eigenvalue weighted by atomic mass is 16.5. The van der Waals surface area contributed by atoms with Gasteiger partial charge in [0.25, 0.3) is 11.8 Å². The molecule has 0 aromatic heterocycles. The maximum Gasteiger partial charge on any atom is 0.269 e. The average Bonchev–Trinajstić information content (AvgIpc) is 2.66. The van der Waals surface area contributed by atoms with Gasteiger partial charge in [0.2, 0.25) is 5.91 Å². The van der Waals surface area contributed by atoms with Crippen molar-refractivity contribution >= 4 is 23.4 Å². The van der Waals surface area contributed by atoms with Crippen molar-refractivity contribution in [2.75, 3.05) is 11.9 Å². The van der Waals surface area contributed by atoms with Gasteiger partial charge in [-0.2, -0.15) is 0 Å². The van der Waals surface area contributed by atoms with Crippen molar-refractivity contribution in [2.45, 2.75) is 20.3 Å². The number of carbonyl (C=O) groups is 3. The van der Waals surface area contributed by atoms with Gasteiger partial charge in [0.15, 0.2) is 0 Å². The van der Waals surface area contributed by atoms with E-state index in [0.29, 0.717) is 35.6 Å². The van der Waals surface area contributed by atoms with Crippen LogP contribution in [-0.4, -0.2) is 24.3 Å². The lowest BCUT2D eigenvalue weighted by atomic mass is 10.2. The molecule has 136 valence electrons. The number of nitrogens with one attached hydrogen (secondary N) is 3. The lowest BCUT2D eigenvalue weighted by Gasteiger charge is -2.09. The van der Waals surface area contributed by atoms with Crippen LogP contribution in [0.4, 0.5) is 5.69 Å². The minimum Gasteiger partial charge on any atom is -0.494 e. The number of amides is 3. The summed E-state index contributed by atoms with van der Waals surface area (Å²) >= 11 is 0. The highest BCUT2D eigenvalue weighted by Gasteiger charge is 2.10. The summed E-state index contributed by atoms with van der Waals surface area (Å²) in [5, 5.41) is 2.69. The summed E-state index contributed by atoms with van der Waals surface area (Å²) in [4.78, 5) is 35.5. The van der Waals surface area contributed by atoms with E-state index in [1.54, 1.807) is 55.5 Å². The van der Waals surface area contributed by atoms with E-state index in [0.717, 1.165) is 0 Å². The molecule has 0 radical (unpaired) electrons. The zero-order valence-corrected chi connectivity index (χ0v) is 14.7. The summed E-state index contributed by atoms with van der Waals surface area (Å²) in [7, 11) is 0. The van der Waals surface area contributed by atoms with Gasteiger partial charge in [-0.15, -0.1) is 0 Å². The van der Waals surface area contributed by atoms with Gasteiger partial charge < -0.3 is 10.1 Å². The van der Waals surface area contributed by atoms with Crippen molar-refractivity contribution in [1.29, 1.82) is 0 Å². The second kappa shape index (κ2) is 9.22. The van der Waals surface area contributed by atoms with Crippen LogP contribution in [0.5, 0.6) is 5.75 Å². The average molecular weight is 355 g/mol. The fourth-order valence-electron chi connectivity index (χ4n) is 2.11. The van der Waals surface area contributed by atoms with Crippen molar-refractivity contribution in [2.24, 2.45) is 0 Å². The van der Waals surface area contributed by atoms with E-state index in [1.165, 1.54) is 0 Å². The lowest BCUT2D eigenvalue weighted by molar-refractivity contribution is -0.115. The van der Waals surface area contributed by atoms with Crippen LogP contribution in [0.3, 0.4) is 0 Å². The molecule has 0 heterocycles. The van der Waals surface area contributed by atoms with Crippen LogP contribution < -0.4 is 20.9 Å². The molecule has 0 aliphatic carbocycles. The molecule has 0 bridgehead atoms. The Morgan fingerprint density at radius 2 is 1.54 bits per heavy atom. The van der Waals surface area contributed by atoms with E-state index in [-0.39, 0.29) is 5.91 Å². The van der Waals surface area contributed by atoms with Gasteiger partial charge in [-0.25, -0.2) is 0 Å². The van der Waals surface area contributed by atoms with E-state index in [2.05, 4.69) is 16.2 Å².